The molecule has 1 N–H and O–H groups in total. The first-order chi connectivity index (χ1) is 17.6. The van der Waals surface area contributed by atoms with E-state index in [1.807, 2.05) is 0 Å². The predicted molar refractivity (Wildman–Crippen MR) is 129 cm³/mol. The maximum Gasteiger partial charge on any atom is 0.416 e. The number of alkyl halides is 3. The molecule has 0 aromatic heterocycles. The molecule has 1 aliphatic heterocycles. The van der Waals surface area contributed by atoms with E-state index in [0.717, 1.165) is 23.1 Å². The van der Waals surface area contributed by atoms with Crippen LogP contribution in [0.5, 0.6) is 17.2 Å². The van der Waals surface area contributed by atoms with Gasteiger partial charge < -0.3 is 19.3 Å². The van der Waals surface area contributed by atoms with Crippen LogP contribution in [-0.4, -0.2) is 38.1 Å². The summed E-state index contributed by atoms with van der Waals surface area (Å²) < 4.78 is 56.1. The Kier molecular flexibility index (Phi) is 6.84. The van der Waals surface area contributed by atoms with Gasteiger partial charge in [-0.15, -0.1) is 0 Å². The molecule has 7 nitrogen and oxygen atoms in total. The fourth-order valence-corrected chi connectivity index (χ4v) is 4.20. The molecule has 1 saturated heterocycles. The molecule has 0 aliphatic carbocycles. The van der Waals surface area contributed by atoms with E-state index in [2.05, 4.69) is 0 Å². The Morgan fingerprint density at radius 3 is 2.22 bits per heavy atom. The van der Waals surface area contributed by atoms with E-state index in [-0.39, 0.29) is 22.6 Å². The maximum atomic E-state index is 13.4. The lowest BCUT2D eigenvalue weighted by Crippen LogP contribution is -2.29. The number of Topliss-reactive ketones (excluding diaryl/α,β-unsaturated/α-hetero) is 1. The Morgan fingerprint density at radius 1 is 0.865 bits per heavy atom. The third-order valence-electron chi connectivity index (χ3n) is 5.96. The number of methoxy groups -OCH3 is 3. The molecular formula is C27H22F3NO6. The van der Waals surface area contributed by atoms with Crippen LogP contribution in [0.4, 0.5) is 18.9 Å². The minimum atomic E-state index is -4.67. The topological polar surface area (TPSA) is 85.3 Å². The van der Waals surface area contributed by atoms with Crippen molar-refractivity contribution in [2.24, 2.45) is 0 Å². The SMILES string of the molecule is COc1cccc(C2/C(=C(\O)c3ccc(OC)c(OC)c3)C(=O)C(=O)N2c2cccc(C(F)(F)F)c2)c1. The highest BCUT2D eigenvalue weighted by Gasteiger charge is 2.47. The first-order valence-corrected chi connectivity index (χ1v) is 10.9. The molecule has 4 rings (SSSR count). The van der Waals surface area contributed by atoms with Crippen molar-refractivity contribution in [2.45, 2.75) is 12.2 Å². The number of aliphatic hydroxyl groups excluding tert-OH is 1. The van der Waals surface area contributed by atoms with Gasteiger partial charge >= 0.3 is 6.18 Å². The number of hydrogen-bond donors (Lipinski definition) is 1. The van der Waals surface area contributed by atoms with Gasteiger partial charge in [-0.2, -0.15) is 13.2 Å². The van der Waals surface area contributed by atoms with E-state index < -0.39 is 35.2 Å². The predicted octanol–water partition coefficient (Wildman–Crippen LogP) is 5.36. The van der Waals surface area contributed by atoms with E-state index in [4.69, 9.17) is 14.2 Å². The number of carbonyl (C=O) groups is 2. The Morgan fingerprint density at radius 2 is 1.57 bits per heavy atom. The number of carbonyl (C=O) groups excluding carboxylic acids is 2. The molecule has 1 heterocycles. The number of anilines is 1. The Balaban J connectivity index is 1.96. The summed E-state index contributed by atoms with van der Waals surface area (Å²) in [5, 5.41) is 11.3. The minimum absolute atomic E-state index is 0.146. The average molecular weight is 513 g/mol. The highest BCUT2D eigenvalue weighted by atomic mass is 19.4. The highest BCUT2D eigenvalue weighted by molar-refractivity contribution is 6.51. The van der Waals surface area contributed by atoms with Crippen LogP contribution in [0.2, 0.25) is 0 Å². The van der Waals surface area contributed by atoms with Crippen molar-refractivity contribution in [1.29, 1.82) is 0 Å². The molecule has 0 radical (unpaired) electrons. The van der Waals surface area contributed by atoms with Crippen molar-refractivity contribution in [3.05, 3.63) is 89.0 Å². The molecule has 3 aromatic carbocycles. The third-order valence-corrected chi connectivity index (χ3v) is 5.96. The van der Waals surface area contributed by atoms with Crippen LogP contribution in [0.1, 0.15) is 22.7 Å². The summed E-state index contributed by atoms with van der Waals surface area (Å²) in [6.45, 7) is 0. The minimum Gasteiger partial charge on any atom is -0.507 e. The van der Waals surface area contributed by atoms with Gasteiger partial charge in [-0.25, -0.2) is 0 Å². The molecule has 1 aliphatic rings. The molecule has 1 fully saturated rings. The fourth-order valence-electron chi connectivity index (χ4n) is 4.20. The maximum absolute atomic E-state index is 13.4. The molecule has 1 amide bonds. The van der Waals surface area contributed by atoms with E-state index in [0.29, 0.717) is 17.1 Å². The quantitative estimate of drug-likeness (QED) is 0.272. The van der Waals surface area contributed by atoms with Crippen molar-refractivity contribution in [3.63, 3.8) is 0 Å². The second-order valence-electron chi connectivity index (χ2n) is 8.06. The van der Waals surface area contributed by atoms with Gasteiger partial charge in [0.05, 0.1) is 38.5 Å². The van der Waals surface area contributed by atoms with Crippen LogP contribution >= 0.6 is 0 Å². The van der Waals surface area contributed by atoms with Gasteiger partial charge in [-0.05, 0) is 54.1 Å². The Hall–Kier alpha value is -4.47. The number of ketones is 1. The zero-order chi connectivity index (χ0) is 26.9. The summed E-state index contributed by atoms with van der Waals surface area (Å²) in [4.78, 5) is 27.5. The van der Waals surface area contributed by atoms with Crippen molar-refractivity contribution in [2.75, 3.05) is 26.2 Å². The van der Waals surface area contributed by atoms with Gasteiger partial charge in [0, 0.05) is 11.3 Å². The second kappa shape index (κ2) is 9.88. The number of aliphatic hydroxyl groups is 1. The molecule has 37 heavy (non-hydrogen) atoms. The van der Waals surface area contributed by atoms with E-state index in [1.54, 1.807) is 24.3 Å². The molecule has 192 valence electrons. The highest BCUT2D eigenvalue weighted by Crippen LogP contribution is 2.44. The van der Waals surface area contributed by atoms with Crippen molar-refractivity contribution in [1.82, 2.24) is 0 Å². The van der Waals surface area contributed by atoms with Crippen LogP contribution in [0, 0.1) is 0 Å². The zero-order valence-electron chi connectivity index (χ0n) is 20.0. The third kappa shape index (κ3) is 4.69. The van der Waals surface area contributed by atoms with E-state index in [9.17, 15) is 27.9 Å². The Bertz CT molecular complexity index is 1400. The van der Waals surface area contributed by atoms with E-state index in [1.165, 1.54) is 45.6 Å². The van der Waals surface area contributed by atoms with Gasteiger partial charge in [-0.3, -0.25) is 14.5 Å². The van der Waals surface area contributed by atoms with Gasteiger partial charge in [0.15, 0.2) is 11.5 Å². The number of rotatable bonds is 6. The normalized spacial score (nSPS) is 17.1. The van der Waals surface area contributed by atoms with E-state index >= 15 is 0 Å². The summed E-state index contributed by atoms with van der Waals surface area (Å²) >= 11 is 0. The lowest BCUT2D eigenvalue weighted by Gasteiger charge is -2.26. The first-order valence-electron chi connectivity index (χ1n) is 10.9. The van der Waals surface area contributed by atoms with Crippen molar-refractivity contribution in [3.8, 4) is 17.2 Å². The van der Waals surface area contributed by atoms with Crippen LogP contribution in [0.3, 0.4) is 0 Å². The second-order valence-corrected chi connectivity index (χ2v) is 8.06. The average Bonchev–Trinajstić information content (AvgIpc) is 3.17. The molecular weight excluding hydrogens is 491 g/mol. The summed E-state index contributed by atoms with van der Waals surface area (Å²) in [5.41, 5.74) is -0.958. The largest absolute Gasteiger partial charge is 0.507 e. The standard InChI is InChI=1S/C27H22F3NO6/c1-35-19-9-4-6-15(12-19)23-22(24(32)16-10-11-20(36-2)21(13-16)37-3)25(33)26(34)31(23)18-8-5-7-17(14-18)27(28,29)30/h4-14,23,32H,1-3H3/b24-22+. The smallest absolute Gasteiger partial charge is 0.416 e. The first kappa shape index (κ1) is 25.6. The van der Waals surface area contributed by atoms with Crippen LogP contribution in [-0.2, 0) is 15.8 Å². The molecule has 10 heteroatoms. The van der Waals surface area contributed by atoms with Gasteiger partial charge in [0.2, 0.25) is 0 Å². The molecule has 1 unspecified atom stereocenters. The van der Waals surface area contributed by atoms with Gasteiger partial charge in [0.25, 0.3) is 11.7 Å². The zero-order valence-corrected chi connectivity index (χ0v) is 20.0. The lowest BCUT2D eigenvalue weighted by molar-refractivity contribution is -0.137. The number of amides is 1. The number of halogens is 3. The van der Waals surface area contributed by atoms with Crippen LogP contribution in [0.25, 0.3) is 5.76 Å². The summed E-state index contributed by atoms with van der Waals surface area (Å²) in [7, 11) is 4.25. The van der Waals surface area contributed by atoms with Crippen molar-refractivity contribution >= 4 is 23.1 Å². The fraction of sp³-hybridized carbons (Fsp3) is 0.185. The summed E-state index contributed by atoms with van der Waals surface area (Å²) in [6.07, 6.45) is -4.67. The van der Waals surface area contributed by atoms with Gasteiger partial charge in [-0.1, -0.05) is 18.2 Å². The molecule has 0 saturated carbocycles. The molecule has 1 atom stereocenters. The number of benzene rings is 3. The monoisotopic (exact) mass is 513 g/mol. The van der Waals surface area contributed by atoms with Gasteiger partial charge in [0.1, 0.15) is 11.5 Å². The number of ether oxygens (including phenoxy) is 3. The lowest BCUT2D eigenvalue weighted by atomic mass is 9.94. The Labute approximate surface area is 210 Å². The molecule has 3 aromatic rings. The number of nitrogens with zero attached hydrogens (tertiary/aromatic N) is 1. The van der Waals surface area contributed by atoms with Crippen LogP contribution in [0.15, 0.2) is 72.3 Å². The molecule has 0 spiro atoms. The summed E-state index contributed by atoms with van der Waals surface area (Å²) in [6, 6.07) is 13.6. The van der Waals surface area contributed by atoms with Crippen molar-refractivity contribution < 1.29 is 42.1 Å². The number of hydrogen-bond acceptors (Lipinski definition) is 6. The molecule has 0 bridgehead atoms. The van der Waals surface area contributed by atoms with Crippen LogP contribution < -0.4 is 19.1 Å². The summed E-state index contributed by atoms with van der Waals surface area (Å²) in [5.74, 6) is -1.66.